The number of quaternary nitrogens is 1. The molecular weight excluding hydrogens is 388 g/mol. The summed E-state index contributed by atoms with van der Waals surface area (Å²) >= 11 is 0. The monoisotopic (exact) mass is 420 g/mol. The van der Waals surface area contributed by atoms with Crippen LogP contribution in [0.3, 0.4) is 0 Å². The van der Waals surface area contributed by atoms with Crippen LogP contribution >= 0.6 is 0 Å². The van der Waals surface area contributed by atoms with Gasteiger partial charge < -0.3 is 36.4 Å². The fraction of sp³-hybridized carbons (Fsp3) is 0.478. The van der Waals surface area contributed by atoms with E-state index in [1.165, 1.54) is 16.8 Å². The number of nitrogens with one attached hydrogen (secondary N) is 1. The summed E-state index contributed by atoms with van der Waals surface area (Å²) in [4.78, 5) is 4.18. The Balaban J connectivity index is 0.00000300. The molecule has 5 nitrogen and oxygen atoms in total. The molecule has 0 spiro atoms. The molecule has 29 heavy (non-hydrogen) atoms. The summed E-state index contributed by atoms with van der Waals surface area (Å²) in [5, 5.41) is 0. The second-order valence-corrected chi connectivity index (χ2v) is 7.62. The number of benzene rings is 2. The van der Waals surface area contributed by atoms with Gasteiger partial charge in [0.05, 0.1) is 53.6 Å². The van der Waals surface area contributed by atoms with Crippen LogP contribution in [0, 0.1) is 6.92 Å². The van der Waals surface area contributed by atoms with Crippen LogP contribution in [0.15, 0.2) is 36.4 Å². The molecule has 2 aromatic rings. The zero-order valence-corrected chi connectivity index (χ0v) is 18.9. The maximum Gasteiger partial charge on any atom is 0.203 e. The Kier molecular flexibility index (Phi) is 8.47. The molecular formula is C23H33ClN2O3. The molecule has 0 aromatic heterocycles. The van der Waals surface area contributed by atoms with Gasteiger partial charge in [-0.25, -0.2) is 0 Å². The third-order valence-corrected chi connectivity index (χ3v) is 5.65. The molecule has 0 saturated carbocycles. The molecule has 2 unspecified atom stereocenters. The Morgan fingerprint density at radius 2 is 1.72 bits per heavy atom. The van der Waals surface area contributed by atoms with Gasteiger partial charge in [0.15, 0.2) is 11.5 Å². The Bertz CT molecular complexity index is 774. The molecule has 160 valence electrons. The van der Waals surface area contributed by atoms with Gasteiger partial charge in [-0.1, -0.05) is 12.1 Å². The topological polar surface area (TPSA) is 35.4 Å². The third-order valence-electron chi connectivity index (χ3n) is 5.65. The van der Waals surface area contributed by atoms with Crippen molar-refractivity contribution in [2.24, 2.45) is 0 Å². The van der Waals surface area contributed by atoms with Crippen LogP contribution < -0.4 is 36.4 Å². The number of hydrogen-bond donors (Lipinski definition) is 1. The number of piperazine rings is 1. The molecule has 1 aliphatic heterocycles. The predicted molar refractivity (Wildman–Crippen MR) is 113 cm³/mol. The largest absolute Gasteiger partial charge is 1.00 e. The van der Waals surface area contributed by atoms with Crippen molar-refractivity contribution < 1.29 is 31.5 Å². The summed E-state index contributed by atoms with van der Waals surface area (Å²) in [6.45, 7) is 8.99. The maximum atomic E-state index is 5.48. The quantitative estimate of drug-likeness (QED) is 0.646. The molecule has 1 heterocycles. The minimum Gasteiger partial charge on any atom is -1.00 e. The molecule has 1 N–H and O–H groups in total. The molecule has 2 aromatic carbocycles. The highest BCUT2D eigenvalue weighted by atomic mass is 35.5. The number of hydrogen-bond acceptors (Lipinski definition) is 4. The highest BCUT2D eigenvalue weighted by Crippen LogP contribution is 2.38. The smallest absolute Gasteiger partial charge is 0.203 e. The first kappa shape index (κ1) is 23.2. The molecule has 1 aliphatic rings. The van der Waals surface area contributed by atoms with Crippen LogP contribution in [0.1, 0.15) is 18.1 Å². The Hall–Kier alpha value is -2.11. The van der Waals surface area contributed by atoms with Crippen molar-refractivity contribution in [2.45, 2.75) is 26.3 Å². The lowest BCUT2D eigenvalue weighted by molar-refractivity contribution is -0.902. The number of anilines is 1. The summed E-state index contributed by atoms with van der Waals surface area (Å²) in [5.41, 5.74) is 3.88. The van der Waals surface area contributed by atoms with Gasteiger partial charge in [-0.3, -0.25) is 0 Å². The van der Waals surface area contributed by atoms with Crippen LogP contribution in [-0.2, 0) is 6.42 Å². The maximum absolute atomic E-state index is 5.48. The number of halogens is 1. The average Bonchev–Trinajstić information content (AvgIpc) is 2.71. The second-order valence-electron chi connectivity index (χ2n) is 7.62. The minimum absolute atomic E-state index is 0. The molecule has 1 fully saturated rings. The normalized spacial score (nSPS) is 18.7. The first-order chi connectivity index (χ1) is 13.5. The highest BCUT2D eigenvalue weighted by Gasteiger charge is 2.26. The first-order valence-corrected chi connectivity index (χ1v) is 10.0. The third kappa shape index (κ3) is 5.49. The van der Waals surface area contributed by atoms with E-state index >= 15 is 0 Å². The van der Waals surface area contributed by atoms with E-state index in [0.29, 0.717) is 11.8 Å². The summed E-state index contributed by atoms with van der Waals surface area (Å²) in [6.07, 6.45) is 0.989. The molecule has 6 heteroatoms. The van der Waals surface area contributed by atoms with Crippen LogP contribution in [0.4, 0.5) is 5.69 Å². The molecule has 0 amide bonds. The SMILES string of the molecule is COc1cc(CC[NH+]2CCN(c3cccc(C)c3)C(C)C2)cc(OC)c1OC.[Cl-]. The van der Waals surface area contributed by atoms with E-state index in [1.807, 2.05) is 0 Å². The highest BCUT2D eigenvalue weighted by molar-refractivity contribution is 5.54. The van der Waals surface area contributed by atoms with E-state index in [-0.39, 0.29) is 12.4 Å². The molecule has 3 rings (SSSR count). The van der Waals surface area contributed by atoms with E-state index in [2.05, 4.69) is 55.1 Å². The van der Waals surface area contributed by atoms with Gasteiger partial charge in [0.25, 0.3) is 0 Å². The van der Waals surface area contributed by atoms with Crippen molar-refractivity contribution in [3.05, 3.63) is 47.5 Å². The van der Waals surface area contributed by atoms with Crippen molar-refractivity contribution >= 4 is 5.69 Å². The molecule has 0 aliphatic carbocycles. The zero-order valence-electron chi connectivity index (χ0n) is 18.1. The van der Waals surface area contributed by atoms with Crippen LogP contribution in [0.25, 0.3) is 0 Å². The second kappa shape index (κ2) is 10.6. The van der Waals surface area contributed by atoms with E-state index in [0.717, 1.165) is 44.1 Å². The van der Waals surface area contributed by atoms with E-state index < -0.39 is 0 Å². The van der Waals surface area contributed by atoms with Gasteiger partial charge in [0, 0.05) is 12.1 Å². The fourth-order valence-electron chi connectivity index (χ4n) is 4.15. The fourth-order valence-corrected chi connectivity index (χ4v) is 4.15. The number of rotatable bonds is 7. The lowest BCUT2D eigenvalue weighted by Crippen LogP contribution is -3.15. The van der Waals surface area contributed by atoms with Gasteiger partial charge >= 0.3 is 0 Å². The van der Waals surface area contributed by atoms with Gasteiger partial charge in [-0.15, -0.1) is 0 Å². The predicted octanol–water partition coefficient (Wildman–Crippen LogP) is -0.639. The standard InChI is InChI=1S/C23H32N2O3.ClH/c1-17-7-6-8-20(13-17)25-12-11-24(16-18(25)2)10-9-19-14-21(26-3)23(28-5)22(15-19)27-4;/h6-8,13-15,18H,9-12,16H2,1-5H3;1H. The van der Waals surface area contributed by atoms with E-state index in [4.69, 9.17) is 14.2 Å². The average molecular weight is 421 g/mol. The van der Waals surface area contributed by atoms with Gasteiger partial charge in [0.1, 0.15) is 0 Å². The molecule has 1 saturated heterocycles. The zero-order chi connectivity index (χ0) is 20.1. The Morgan fingerprint density at radius 3 is 2.28 bits per heavy atom. The lowest BCUT2D eigenvalue weighted by Gasteiger charge is -2.39. The van der Waals surface area contributed by atoms with Crippen LogP contribution in [0.2, 0.25) is 0 Å². The van der Waals surface area contributed by atoms with Gasteiger partial charge in [-0.2, -0.15) is 0 Å². The number of aryl methyl sites for hydroxylation is 1. The first-order valence-electron chi connectivity index (χ1n) is 10.0. The lowest BCUT2D eigenvalue weighted by atomic mass is 10.1. The number of methoxy groups -OCH3 is 3. The summed E-state index contributed by atoms with van der Waals surface area (Å²) in [7, 11) is 4.97. The molecule has 0 bridgehead atoms. The Labute approximate surface area is 181 Å². The van der Waals surface area contributed by atoms with Gasteiger partial charge in [-0.05, 0) is 49.2 Å². The van der Waals surface area contributed by atoms with Crippen LogP contribution in [-0.4, -0.2) is 53.6 Å². The molecule has 2 atom stereocenters. The van der Waals surface area contributed by atoms with Gasteiger partial charge in [0.2, 0.25) is 5.75 Å². The summed E-state index contributed by atoms with van der Waals surface area (Å²) in [6, 6.07) is 13.5. The van der Waals surface area contributed by atoms with E-state index in [1.54, 1.807) is 26.2 Å². The van der Waals surface area contributed by atoms with Crippen molar-refractivity contribution in [2.75, 3.05) is 52.4 Å². The van der Waals surface area contributed by atoms with E-state index in [9.17, 15) is 0 Å². The molecule has 0 radical (unpaired) electrons. The van der Waals surface area contributed by atoms with Crippen LogP contribution in [0.5, 0.6) is 17.2 Å². The van der Waals surface area contributed by atoms with Crippen molar-refractivity contribution in [3.8, 4) is 17.2 Å². The summed E-state index contributed by atoms with van der Waals surface area (Å²) in [5.74, 6) is 2.11. The Morgan fingerprint density at radius 1 is 1.03 bits per heavy atom. The van der Waals surface area contributed by atoms with Crippen molar-refractivity contribution in [3.63, 3.8) is 0 Å². The number of nitrogens with zero attached hydrogens (tertiary/aromatic N) is 1. The van der Waals surface area contributed by atoms with Crippen molar-refractivity contribution in [1.29, 1.82) is 0 Å². The summed E-state index contributed by atoms with van der Waals surface area (Å²) < 4.78 is 16.4. The number of ether oxygens (including phenoxy) is 3. The minimum atomic E-state index is 0. The van der Waals surface area contributed by atoms with Crippen molar-refractivity contribution in [1.82, 2.24) is 0 Å².